The summed E-state index contributed by atoms with van der Waals surface area (Å²) < 4.78 is 37.9. The molecule has 0 saturated heterocycles. The average Bonchev–Trinajstić information content (AvgIpc) is 2.53. The lowest BCUT2D eigenvalue weighted by Crippen LogP contribution is -2.06. The highest BCUT2D eigenvalue weighted by Crippen LogP contribution is 2.30. The summed E-state index contributed by atoms with van der Waals surface area (Å²) in [4.78, 5) is 0. The number of alkyl halides is 3. The Morgan fingerprint density at radius 2 is 2.00 bits per heavy atom. The van der Waals surface area contributed by atoms with E-state index in [-0.39, 0.29) is 0 Å². The lowest BCUT2D eigenvalue weighted by molar-refractivity contribution is -0.137. The molecule has 0 saturated carbocycles. The second kappa shape index (κ2) is 5.78. The van der Waals surface area contributed by atoms with E-state index in [0.717, 1.165) is 37.3 Å². The van der Waals surface area contributed by atoms with Crippen molar-refractivity contribution in [1.82, 2.24) is 0 Å². The molecule has 1 atom stereocenters. The van der Waals surface area contributed by atoms with Gasteiger partial charge in [-0.3, -0.25) is 0 Å². The molecule has 1 aliphatic rings. The van der Waals surface area contributed by atoms with Gasteiger partial charge in [0.15, 0.2) is 0 Å². The van der Waals surface area contributed by atoms with Crippen LogP contribution >= 0.6 is 0 Å². The summed E-state index contributed by atoms with van der Waals surface area (Å²) >= 11 is 0. The molecule has 1 N–H and O–H groups in total. The number of hydrogen-bond donors (Lipinski definition) is 1. The van der Waals surface area contributed by atoms with Crippen molar-refractivity contribution < 1.29 is 18.3 Å². The first-order valence-electron chi connectivity index (χ1n) is 6.49. The van der Waals surface area contributed by atoms with E-state index in [2.05, 4.69) is 0 Å². The van der Waals surface area contributed by atoms with Gasteiger partial charge in [-0.1, -0.05) is 36.3 Å². The SMILES string of the molecule is OC1C=C(Cc2cccc(C(F)(F)F)c2)CCCC1. The fourth-order valence-electron chi connectivity index (χ4n) is 2.41. The Bertz CT molecular complexity index is 463. The number of aliphatic hydroxyl groups is 1. The van der Waals surface area contributed by atoms with Gasteiger partial charge < -0.3 is 5.11 Å². The molecule has 2 rings (SSSR count). The summed E-state index contributed by atoms with van der Waals surface area (Å²) in [5.41, 5.74) is 1.07. The molecule has 1 nitrogen and oxygen atoms in total. The summed E-state index contributed by atoms with van der Waals surface area (Å²) in [6.45, 7) is 0. The Hall–Kier alpha value is -1.29. The van der Waals surface area contributed by atoms with Gasteiger partial charge in [-0.2, -0.15) is 13.2 Å². The summed E-state index contributed by atoms with van der Waals surface area (Å²) in [7, 11) is 0. The Balaban J connectivity index is 2.14. The highest BCUT2D eigenvalue weighted by Gasteiger charge is 2.30. The van der Waals surface area contributed by atoms with E-state index in [9.17, 15) is 18.3 Å². The third-order valence-corrected chi connectivity index (χ3v) is 3.36. The normalized spacial score (nSPS) is 20.8. The fourth-order valence-corrected chi connectivity index (χ4v) is 2.41. The smallest absolute Gasteiger partial charge is 0.389 e. The zero-order valence-corrected chi connectivity index (χ0v) is 10.6. The standard InChI is InChI=1S/C15H17F3O/c16-15(17,18)13-6-3-5-11(9-13)8-12-4-1-2-7-14(19)10-12/h3,5-6,9-10,14,19H,1-2,4,7-8H2. The second-order valence-electron chi connectivity index (χ2n) is 5.01. The van der Waals surface area contributed by atoms with E-state index < -0.39 is 17.8 Å². The third-order valence-electron chi connectivity index (χ3n) is 3.36. The van der Waals surface area contributed by atoms with Crippen LogP contribution in [0.2, 0.25) is 0 Å². The molecule has 1 aromatic rings. The molecule has 0 heterocycles. The van der Waals surface area contributed by atoms with Crippen LogP contribution in [0.5, 0.6) is 0 Å². The Labute approximate surface area is 110 Å². The molecule has 0 bridgehead atoms. The van der Waals surface area contributed by atoms with Crippen LogP contribution in [0.1, 0.15) is 36.8 Å². The van der Waals surface area contributed by atoms with Crippen molar-refractivity contribution in [2.24, 2.45) is 0 Å². The van der Waals surface area contributed by atoms with Gasteiger partial charge in [-0.25, -0.2) is 0 Å². The maximum Gasteiger partial charge on any atom is 0.416 e. The van der Waals surface area contributed by atoms with Crippen molar-refractivity contribution in [3.63, 3.8) is 0 Å². The molecule has 1 unspecified atom stereocenters. The molecule has 0 spiro atoms. The summed E-state index contributed by atoms with van der Waals surface area (Å²) in [5, 5.41) is 9.67. The van der Waals surface area contributed by atoms with Crippen molar-refractivity contribution >= 4 is 0 Å². The van der Waals surface area contributed by atoms with Crippen LogP contribution in [-0.4, -0.2) is 11.2 Å². The molecule has 1 aliphatic carbocycles. The van der Waals surface area contributed by atoms with Gasteiger partial charge >= 0.3 is 6.18 Å². The molecule has 0 amide bonds. The zero-order chi connectivity index (χ0) is 13.9. The Morgan fingerprint density at radius 1 is 1.21 bits per heavy atom. The first-order chi connectivity index (χ1) is 8.95. The molecular formula is C15H17F3O. The molecule has 0 fully saturated rings. The van der Waals surface area contributed by atoms with Crippen LogP contribution in [0.3, 0.4) is 0 Å². The van der Waals surface area contributed by atoms with Crippen LogP contribution < -0.4 is 0 Å². The number of hydrogen-bond acceptors (Lipinski definition) is 1. The van der Waals surface area contributed by atoms with E-state index in [1.807, 2.05) is 0 Å². The number of aliphatic hydroxyl groups excluding tert-OH is 1. The third kappa shape index (κ3) is 4.10. The van der Waals surface area contributed by atoms with Gasteiger partial charge in [0, 0.05) is 0 Å². The molecular weight excluding hydrogens is 253 g/mol. The molecule has 0 aromatic heterocycles. The lowest BCUT2D eigenvalue weighted by Gasteiger charge is -2.10. The topological polar surface area (TPSA) is 20.2 Å². The first kappa shape index (κ1) is 14.1. The minimum atomic E-state index is -4.30. The van der Waals surface area contributed by atoms with Crippen LogP contribution in [-0.2, 0) is 12.6 Å². The van der Waals surface area contributed by atoms with E-state index in [4.69, 9.17) is 0 Å². The van der Waals surface area contributed by atoms with Crippen LogP contribution in [0, 0.1) is 0 Å². The highest BCUT2D eigenvalue weighted by atomic mass is 19.4. The van der Waals surface area contributed by atoms with E-state index in [1.165, 1.54) is 12.1 Å². The monoisotopic (exact) mass is 270 g/mol. The summed E-state index contributed by atoms with van der Waals surface area (Å²) in [6.07, 6.45) is 1.08. The molecule has 4 heteroatoms. The quantitative estimate of drug-likeness (QED) is 0.802. The Kier molecular flexibility index (Phi) is 4.30. The molecule has 0 radical (unpaired) electrons. The van der Waals surface area contributed by atoms with Crippen molar-refractivity contribution in [3.05, 3.63) is 47.0 Å². The van der Waals surface area contributed by atoms with Crippen LogP contribution in [0.4, 0.5) is 13.2 Å². The largest absolute Gasteiger partial charge is 0.416 e. The molecule has 19 heavy (non-hydrogen) atoms. The van der Waals surface area contributed by atoms with Gasteiger partial charge in [0.05, 0.1) is 11.7 Å². The fraction of sp³-hybridized carbons (Fsp3) is 0.467. The maximum absolute atomic E-state index is 12.6. The van der Waals surface area contributed by atoms with Crippen molar-refractivity contribution in [2.75, 3.05) is 0 Å². The van der Waals surface area contributed by atoms with Gasteiger partial charge in [0.25, 0.3) is 0 Å². The van der Waals surface area contributed by atoms with Crippen molar-refractivity contribution in [1.29, 1.82) is 0 Å². The predicted molar refractivity (Wildman–Crippen MR) is 67.7 cm³/mol. The highest BCUT2D eigenvalue weighted by molar-refractivity contribution is 5.29. The van der Waals surface area contributed by atoms with E-state index >= 15 is 0 Å². The van der Waals surface area contributed by atoms with Crippen LogP contribution in [0.25, 0.3) is 0 Å². The lowest BCUT2D eigenvalue weighted by atomic mass is 9.99. The number of benzene rings is 1. The predicted octanol–water partition coefficient (Wildman–Crippen LogP) is 4.11. The molecule has 1 aromatic carbocycles. The number of halogens is 3. The summed E-state index contributed by atoms with van der Waals surface area (Å²) in [6, 6.07) is 5.41. The maximum atomic E-state index is 12.6. The molecule has 104 valence electrons. The minimum Gasteiger partial charge on any atom is -0.389 e. The van der Waals surface area contributed by atoms with Crippen molar-refractivity contribution in [3.8, 4) is 0 Å². The molecule has 0 aliphatic heterocycles. The van der Waals surface area contributed by atoms with E-state index in [1.54, 1.807) is 12.1 Å². The van der Waals surface area contributed by atoms with Gasteiger partial charge in [-0.15, -0.1) is 0 Å². The first-order valence-corrected chi connectivity index (χ1v) is 6.49. The number of rotatable bonds is 2. The number of allylic oxidation sites excluding steroid dienone is 1. The van der Waals surface area contributed by atoms with E-state index in [0.29, 0.717) is 12.0 Å². The minimum absolute atomic E-state index is 0.455. The van der Waals surface area contributed by atoms with Gasteiger partial charge in [0.2, 0.25) is 0 Å². The van der Waals surface area contributed by atoms with Gasteiger partial charge in [-0.05, 0) is 37.3 Å². The van der Waals surface area contributed by atoms with Crippen molar-refractivity contribution in [2.45, 2.75) is 44.4 Å². The average molecular weight is 270 g/mol. The van der Waals surface area contributed by atoms with Gasteiger partial charge in [0.1, 0.15) is 0 Å². The summed E-state index contributed by atoms with van der Waals surface area (Å²) in [5.74, 6) is 0. The second-order valence-corrected chi connectivity index (χ2v) is 5.01. The van der Waals surface area contributed by atoms with Crippen LogP contribution in [0.15, 0.2) is 35.9 Å². The Morgan fingerprint density at radius 3 is 2.74 bits per heavy atom. The zero-order valence-electron chi connectivity index (χ0n) is 10.6.